The van der Waals surface area contributed by atoms with E-state index in [-0.39, 0.29) is 11.8 Å². The predicted octanol–water partition coefficient (Wildman–Crippen LogP) is 2.60. The molecule has 0 unspecified atom stereocenters. The van der Waals surface area contributed by atoms with Crippen molar-refractivity contribution in [3.05, 3.63) is 48.0 Å². The van der Waals surface area contributed by atoms with Crippen LogP contribution in [0.2, 0.25) is 0 Å². The molecule has 3 nitrogen and oxygen atoms in total. The van der Waals surface area contributed by atoms with Gasteiger partial charge in [0.15, 0.2) is 0 Å². The normalized spacial score (nSPS) is 15.3. The number of nitrogens with zero attached hydrogens (tertiary/aromatic N) is 1. The van der Waals surface area contributed by atoms with Gasteiger partial charge in [-0.15, -0.1) is 0 Å². The van der Waals surface area contributed by atoms with Crippen molar-refractivity contribution in [2.45, 2.75) is 12.8 Å². The maximum absolute atomic E-state index is 12.4. The Morgan fingerprint density at radius 3 is 2.61 bits per heavy atom. The summed E-state index contributed by atoms with van der Waals surface area (Å²) in [7, 11) is 0. The Morgan fingerprint density at radius 1 is 1.06 bits per heavy atom. The second-order valence-electron chi connectivity index (χ2n) is 4.48. The van der Waals surface area contributed by atoms with E-state index in [0.29, 0.717) is 18.5 Å². The minimum atomic E-state index is -0.172. The summed E-state index contributed by atoms with van der Waals surface area (Å²) in [6.45, 7) is 0.543. The first-order valence-electron chi connectivity index (χ1n) is 6.10. The number of benzene rings is 2. The third-order valence-electron chi connectivity index (χ3n) is 3.34. The largest absolute Gasteiger partial charge is 0.278 e. The molecule has 2 aromatic rings. The maximum atomic E-state index is 12.4. The van der Waals surface area contributed by atoms with Gasteiger partial charge in [-0.3, -0.25) is 14.5 Å². The standard InChI is InChI=1S/C15H13NO2/c17-14-9-4-10-16(14)15(18)13-8-3-6-11-5-1-2-7-12(11)13/h1-3,5-8H,4,9-10H2. The lowest BCUT2D eigenvalue weighted by atomic mass is 10.0. The summed E-state index contributed by atoms with van der Waals surface area (Å²) in [4.78, 5) is 25.4. The molecule has 0 aromatic heterocycles. The number of carbonyl (C=O) groups is 2. The van der Waals surface area contributed by atoms with E-state index < -0.39 is 0 Å². The van der Waals surface area contributed by atoms with Crippen LogP contribution in [0, 0.1) is 0 Å². The minimum absolute atomic E-state index is 0.0621. The zero-order chi connectivity index (χ0) is 12.5. The van der Waals surface area contributed by atoms with Crippen molar-refractivity contribution < 1.29 is 9.59 Å². The zero-order valence-corrected chi connectivity index (χ0v) is 9.93. The molecule has 0 spiro atoms. The Hall–Kier alpha value is -2.16. The number of rotatable bonds is 1. The molecule has 0 N–H and O–H groups in total. The number of hydrogen-bond acceptors (Lipinski definition) is 2. The molecule has 2 aromatic carbocycles. The van der Waals surface area contributed by atoms with Crippen molar-refractivity contribution in [2.24, 2.45) is 0 Å². The number of carbonyl (C=O) groups excluding carboxylic acids is 2. The van der Waals surface area contributed by atoms with E-state index in [1.807, 2.05) is 36.4 Å². The van der Waals surface area contributed by atoms with E-state index in [2.05, 4.69) is 0 Å². The Labute approximate surface area is 105 Å². The third-order valence-corrected chi connectivity index (χ3v) is 3.34. The van der Waals surface area contributed by atoms with E-state index in [1.54, 1.807) is 6.07 Å². The Bertz CT molecular complexity index is 628. The smallest absolute Gasteiger partial charge is 0.261 e. The van der Waals surface area contributed by atoms with Crippen LogP contribution < -0.4 is 0 Å². The predicted molar refractivity (Wildman–Crippen MR) is 69.2 cm³/mol. The van der Waals surface area contributed by atoms with Crippen LogP contribution in [0.3, 0.4) is 0 Å². The number of fused-ring (bicyclic) bond motifs is 1. The van der Waals surface area contributed by atoms with Crippen LogP contribution in [0.4, 0.5) is 0 Å². The fourth-order valence-electron chi connectivity index (χ4n) is 2.42. The summed E-state index contributed by atoms with van der Waals surface area (Å²) in [6, 6.07) is 13.4. The number of imide groups is 1. The lowest BCUT2D eigenvalue weighted by Gasteiger charge is -2.14. The van der Waals surface area contributed by atoms with Crippen LogP contribution in [0.5, 0.6) is 0 Å². The molecule has 1 fully saturated rings. The molecule has 1 heterocycles. The lowest BCUT2D eigenvalue weighted by Crippen LogP contribution is -2.31. The molecule has 1 aliphatic heterocycles. The second-order valence-corrected chi connectivity index (χ2v) is 4.48. The van der Waals surface area contributed by atoms with Crippen molar-refractivity contribution in [1.29, 1.82) is 0 Å². The highest BCUT2D eigenvalue weighted by Gasteiger charge is 2.27. The van der Waals surface area contributed by atoms with Gasteiger partial charge in [0.1, 0.15) is 0 Å². The van der Waals surface area contributed by atoms with Crippen molar-refractivity contribution in [2.75, 3.05) is 6.54 Å². The van der Waals surface area contributed by atoms with Gasteiger partial charge in [-0.1, -0.05) is 36.4 Å². The average molecular weight is 239 g/mol. The summed E-state index contributed by atoms with van der Waals surface area (Å²) in [5, 5.41) is 1.93. The quantitative estimate of drug-likeness (QED) is 0.717. The molecule has 0 aliphatic carbocycles. The topological polar surface area (TPSA) is 37.4 Å². The number of hydrogen-bond donors (Lipinski definition) is 0. The number of likely N-dealkylation sites (tertiary alicyclic amines) is 1. The fraction of sp³-hybridized carbons (Fsp3) is 0.200. The molecule has 0 saturated carbocycles. The van der Waals surface area contributed by atoms with Gasteiger partial charge < -0.3 is 0 Å². The first kappa shape index (κ1) is 11.0. The van der Waals surface area contributed by atoms with Crippen LogP contribution in [-0.4, -0.2) is 23.3 Å². The highest BCUT2D eigenvalue weighted by Crippen LogP contribution is 2.22. The first-order chi connectivity index (χ1) is 8.77. The molecular weight excluding hydrogens is 226 g/mol. The minimum Gasteiger partial charge on any atom is -0.278 e. The molecule has 2 amide bonds. The SMILES string of the molecule is O=C1CCCN1C(=O)c1cccc2ccccc12. The number of amides is 2. The van der Waals surface area contributed by atoms with Crippen LogP contribution in [-0.2, 0) is 4.79 Å². The lowest BCUT2D eigenvalue weighted by molar-refractivity contribution is -0.125. The fourth-order valence-corrected chi connectivity index (χ4v) is 2.42. The van der Waals surface area contributed by atoms with Gasteiger partial charge in [-0.25, -0.2) is 0 Å². The van der Waals surface area contributed by atoms with Crippen LogP contribution in [0.25, 0.3) is 10.8 Å². The van der Waals surface area contributed by atoms with Crippen molar-refractivity contribution in [3.63, 3.8) is 0 Å². The van der Waals surface area contributed by atoms with Gasteiger partial charge in [-0.2, -0.15) is 0 Å². The van der Waals surface area contributed by atoms with Gasteiger partial charge in [0.2, 0.25) is 5.91 Å². The summed E-state index contributed by atoms with van der Waals surface area (Å²) >= 11 is 0. The Morgan fingerprint density at radius 2 is 1.83 bits per heavy atom. The molecule has 0 bridgehead atoms. The maximum Gasteiger partial charge on any atom is 0.261 e. The van der Waals surface area contributed by atoms with E-state index in [9.17, 15) is 9.59 Å². The average Bonchev–Trinajstić information content (AvgIpc) is 2.83. The molecule has 3 heteroatoms. The highest BCUT2D eigenvalue weighted by molar-refractivity contribution is 6.12. The molecule has 0 atom stereocenters. The van der Waals surface area contributed by atoms with Crippen molar-refractivity contribution in [3.8, 4) is 0 Å². The molecule has 0 radical (unpaired) electrons. The third kappa shape index (κ3) is 1.68. The van der Waals surface area contributed by atoms with Crippen LogP contribution in [0.15, 0.2) is 42.5 Å². The van der Waals surface area contributed by atoms with Crippen molar-refractivity contribution >= 4 is 22.6 Å². The highest BCUT2D eigenvalue weighted by atomic mass is 16.2. The molecule has 1 saturated heterocycles. The van der Waals surface area contributed by atoms with E-state index >= 15 is 0 Å². The van der Waals surface area contributed by atoms with Gasteiger partial charge in [-0.05, 0) is 23.3 Å². The zero-order valence-electron chi connectivity index (χ0n) is 9.93. The summed E-state index contributed by atoms with van der Waals surface area (Å²) < 4.78 is 0. The van der Waals surface area contributed by atoms with Gasteiger partial charge in [0, 0.05) is 18.5 Å². The van der Waals surface area contributed by atoms with Gasteiger partial charge in [0.05, 0.1) is 0 Å². The van der Waals surface area contributed by atoms with E-state index in [1.165, 1.54) is 4.90 Å². The summed E-state index contributed by atoms with van der Waals surface area (Å²) in [5.41, 5.74) is 0.614. The van der Waals surface area contributed by atoms with Crippen LogP contribution in [0.1, 0.15) is 23.2 Å². The van der Waals surface area contributed by atoms with E-state index in [4.69, 9.17) is 0 Å². The Kier molecular flexibility index (Phi) is 2.59. The molecular formula is C15H13NO2. The summed E-state index contributed by atoms with van der Waals surface area (Å²) in [6.07, 6.45) is 1.26. The summed E-state index contributed by atoms with van der Waals surface area (Å²) in [5.74, 6) is -0.234. The van der Waals surface area contributed by atoms with E-state index in [0.717, 1.165) is 17.2 Å². The molecule has 1 aliphatic rings. The monoisotopic (exact) mass is 239 g/mol. The second kappa shape index (κ2) is 4.26. The van der Waals surface area contributed by atoms with Crippen LogP contribution >= 0.6 is 0 Å². The van der Waals surface area contributed by atoms with Gasteiger partial charge >= 0.3 is 0 Å². The first-order valence-corrected chi connectivity index (χ1v) is 6.10. The molecule has 90 valence electrons. The Balaban J connectivity index is 2.09. The molecule has 3 rings (SSSR count). The van der Waals surface area contributed by atoms with Crippen molar-refractivity contribution in [1.82, 2.24) is 4.90 Å². The molecule has 18 heavy (non-hydrogen) atoms. The van der Waals surface area contributed by atoms with Gasteiger partial charge in [0.25, 0.3) is 5.91 Å².